The number of nitrogens with one attached hydrogen (secondary N) is 1. The van der Waals surface area contributed by atoms with Gasteiger partial charge in [-0.25, -0.2) is 4.39 Å². The lowest BCUT2D eigenvalue weighted by molar-refractivity contribution is 0.0647. The maximum absolute atomic E-state index is 13.7. The van der Waals surface area contributed by atoms with E-state index in [1.54, 1.807) is 12.3 Å². The number of hydrogen-bond donors (Lipinski definition) is 1. The lowest BCUT2D eigenvalue weighted by Crippen LogP contribution is -2.40. The monoisotopic (exact) mass is 433 g/mol. The van der Waals surface area contributed by atoms with Crippen LogP contribution in [0.4, 0.5) is 4.39 Å². The number of nitrogens with zero attached hydrogens (tertiary/aromatic N) is 2. The van der Waals surface area contributed by atoms with Crippen LogP contribution < -0.4 is 5.32 Å². The highest BCUT2D eigenvalue weighted by molar-refractivity contribution is 7.21. The molecule has 1 N–H and O–H groups in total. The van der Waals surface area contributed by atoms with Crippen LogP contribution in [0.2, 0.25) is 0 Å². The lowest BCUT2D eigenvalue weighted by Gasteiger charge is -2.31. The molecule has 0 bridgehead atoms. The number of hydrogen-bond acceptors (Lipinski definition) is 4. The molecule has 4 rings (SSSR count). The first-order chi connectivity index (χ1) is 13.6. The van der Waals surface area contributed by atoms with Crippen LogP contribution in [-0.4, -0.2) is 34.9 Å². The van der Waals surface area contributed by atoms with E-state index in [1.807, 2.05) is 30.0 Å². The largest absolute Gasteiger partial charge is 0.329 e. The van der Waals surface area contributed by atoms with Gasteiger partial charge in [0.25, 0.3) is 5.91 Å². The van der Waals surface area contributed by atoms with Crippen LogP contribution in [0.15, 0.2) is 42.6 Å². The number of pyridine rings is 1. The second-order valence-corrected chi connectivity index (χ2v) is 8.34. The molecule has 1 aromatic carbocycles. The molecule has 1 fully saturated rings. The van der Waals surface area contributed by atoms with Crippen molar-refractivity contribution in [3.63, 3.8) is 0 Å². The number of thiophene rings is 1. The molecule has 29 heavy (non-hydrogen) atoms. The van der Waals surface area contributed by atoms with Crippen molar-refractivity contribution in [3.05, 3.63) is 64.5 Å². The minimum Gasteiger partial charge on any atom is -0.329 e. The quantitative estimate of drug-likeness (QED) is 0.633. The van der Waals surface area contributed by atoms with Gasteiger partial charge in [0, 0.05) is 16.9 Å². The summed E-state index contributed by atoms with van der Waals surface area (Å²) in [5.74, 6) is -0.246. The molecule has 1 amide bonds. The van der Waals surface area contributed by atoms with Gasteiger partial charge in [0.1, 0.15) is 5.82 Å². The number of benzene rings is 1. The van der Waals surface area contributed by atoms with E-state index in [0.717, 1.165) is 53.7 Å². The van der Waals surface area contributed by atoms with Crippen molar-refractivity contribution in [3.8, 4) is 0 Å². The average Bonchev–Trinajstić information content (AvgIpc) is 2.88. The van der Waals surface area contributed by atoms with E-state index >= 15 is 0 Å². The first-order valence-electron chi connectivity index (χ1n) is 9.74. The summed E-state index contributed by atoms with van der Waals surface area (Å²) >= 11 is 1.45. The van der Waals surface area contributed by atoms with Crippen LogP contribution in [0, 0.1) is 12.7 Å². The van der Waals surface area contributed by atoms with Gasteiger partial charge in [0.2, 0.25) is 0 Å². The average molecular weight is 434 g/mol. The van der Waals surface area contributed by atoms with Gasteiger partial charge in [-0.1, -0.05) is 6.07 Å². The molecule has 0 spiro atoms. The number of carbonyl (C=O) groups is 1. The predicted molar refractivity (Wildman–Crippen MR) is 118 cm³/mol. The highest BCUT2D eigenvalue weighted by Crippen LogP contribution is 2.33. The van der Waals surface area contributed by atoms with Gasteiger partial charge in [0.05, 0.1) is 17.1 Å². The van der Waals surface area contributed by atoms with Crippen molar-refractivity contribution in [2.24, 2.45) is 0 Å². The van der Waals surface area contributed by atoms with Crippen molar-refractivity contribution in [1.29, 1.82) is 0 Å². The highest BCUT2D eigenvalue weighted by atomic mass is 35.5. The summed E-state index contributed by atoms with van der Waals surface area (Å²) < 4.78 is 14.6. The van der Waals surface area contributed by atoms with Crippen LogP contribution in [0.25, 0.3) is 10.1 Å². The lowest BCUT2D eigenvalue weighted by atomic mass is 10.1. The Bertz CT molecular complexity index is 971. The van der Waals surface area contributed by atoms with Crippen LogP contribution >= 0.6 is 23.7 Å². The molecule has 1 unspecified atom stereocenters. The number of aryl methyl sites for hydroxylation is 1. The zero-order valence-electron chi connectivity index (χ0n) is 16.4. The standard InChI is InChI=1S/C22H24FN3OS.ClH/c1-15-19-13-16(23)7-8-20(19)28-21(15)22(27)26(14-17-5-2-3-11-25-17)18-6-4-10-24-12-9-18;/h2-3,5,7-8,11,13,18,24H,4,6,9-10,12,14H2,1H3;1H. The van der Waals surface area contributed by atoms with Gasteiger partial charge in [-0.05, 0) is 80.6 Å². The Morgan fingerprint density at radius 1 is 1.28 bits per heavy atom. The van der Waals surface area contributed by atoms with Crippen LogP contribution in [0.1, 0.15) is 40.2 Å². The van der Waals surface area contributed by atoms with Crippen molar-refractivity contribution < 1.29 is 9.18 Å². The summed E-state index contributed by atoms with van der Waals surface area (Å²) in [6, 6.07) is 10.7. The second-order valence-electron chi connectivity index (χ2n) is 7.29. The first kappa shape index (κ1) is 21.7. The Hall–Kier alpha value is -2.02. The molecular formula is C22H25ClFN3OS. The predicted octanol–water partition coefficient (Wildman–Crippen LogP) is 4.95. The molecule has 3 aromatic rings. The van der Waals surface area contributed by atoms with E-state index in [9.17, 15) is 9.18 Å². The molecule has 0 radical (unpaired) electrons. The third-order valence-electron chi connectivity index (χ3n) is 5.40. The van der Waals surface area contributed by atoms with E-state index in [4.69, 9.17) is 0 Å². The third kappa shape index (κ3) is 4.77. The normalized spacial score (nSPS) is 16.8. The minimum absolute atomic E-state index is 0. The fraction of sp³-hybridized carbons (Fsp3) is 0.364. The van der Waals surface area contributed by atoms with E-state index in [-0.39, 0.29) is 30.2 Å². The van der Waals surface area contributed by atoms with Crippen molar-refractivity contribution in [1.82, 2.24) is 15.2 Å². The van der Waals surface area contributed by atoms with Gasteiger partial charge in [0.15, 0.2) is 0 Å². The molecule has 7 heteroatoms. The van der Waals surface area contributed by atoms with Crippen LogP contribution in [0.5, 0.6) is 0 Å². The Morgan fingerprint density at radius 3 is 2.93 bits per heavy atom. The van der Waals surface area contributed by atoms with E-state index < -0.39 is 0 Å². The molecule has 1 saturated heterocycles. The second kappa shape index (κ2) is 9.65. The first-order valence-corrected chi connectivity index (χ1v) is 10.6. The maximum Gasteiger partial charge on any atom is 0.264 e. The van der Waals surface area contributed by atoms with Crippen molar-refractivity contribution >= 4 is 39.7 Å². The molecule has 4 nitrogen and oxygen atoms in total. The summed E-state index contributed by atoms with van der Waals surface area (Å²) in [4.78, 5) is 20.7. The van der Waals surface area contributed by atoms with Crippen molar-refractivity contribution in [2.75, 3.05) is 13.1 Å². The SMILES string of the molecule is Cc1c(C(=O)N(Cc2ccccn2)C2CCCNCC2)sc2ccc(F)cc12.Cl. The summed E-state index contributed by atoms with van der Waals surface area (Å²) in [5.41, 5.74) is 1.75. The van der Waals surface area contributed by atoms with E-state index in [0.29, 0.717) is 11.4 Å². The topological polar surface area (TPSA) is 45.2 Å². The van der Waals surface area contributed by atoms with E-state index in [1.165, 1.54) is 23.5 Å². The smallest absolute Gasteiger partial charge is 0.264 e. The Balaban J connectivity index is 0.00000240. The molecule has 0 aliphatic carbocycles. The number of amides is 1. The fourth-order valence-corrected chi connectivity index (χ4v) is 5.02. The van der Waals surface area contributed by atoms with Crippen molar-refractivity contribution in [2.45, 2.75) is 38.8 Å². The van der Waals surface area contributed by atoms with Crippen LogP contribution in [0.3, 0.4) is 0 Å². The van der Waals surface area contributed by atoms with Gasteiger partial charge in [-0.15, -0.1) is 23.7 Å². The zero-order valence-corrected chi connectivity index (χ0v) is 18.0. The van der Waals surface area contributed by atoms with Gasteiger partial charge in [-0.2, -0.15) is 0 Å². The summed E-state index contributed by atoms with van der Waals surface area (Å²) in [6.45, 7) is 4.31. The molecule has 3 heterocycles. The van der Waals surface area contributed by atoms with Gasteiger partial charge >= 0.3 is 0 Å². The molecular weight excluding hydrogens is 409 g/mol. The number of aromatic nitrogens is 1. The number of fused-ring (bicyclic) bond motifs is 1. The Kier molecular flexibility index (Phi) is 7.22. The van der Waals surface area contributed by atoms with Crippen LogP contribution in [-0.2, 0) is 6.54 Å². The van der Waals surface area contributed by atoms with E-state index in [2.05, 4.69) is 10.3 Å². The number of carbonyl (C=O) groups excluding carboxylic acids is 1. The molecule has 1 atom stereocenters. The summed E-state index contributed by atoms with van der Waals surface area (Å²) in [6.07, 6.45) is 4.72. The molecule has 0 saturated carbocycles. The molecule has 154 valence electrons. The fourth-order valence-electron chi connectivity index (χ4n) is 3.87. The zero-order chi connectivity index (χ0) is 19.5. The molecule has 1 aliphatic rings. The minimum atomic E-state index is -0.271. The number of rotatable bonds is 4. The molecule has 2 aromatic heterocycles. The summed E-state index contributed by atoms with van der Waals surface area (Å²) in [7, 11) is 0. The third-order valence-corrected chi connectivity index (χ3v) is 6.66. The molecule has 1 aliphatic heterocycles. The Labute approximate surface area is 180 Å². The van der Waals surface area contributed by atoms with Gasteiger partial charge < -0.3 is 10.2 Å². The van der Waals surface area contributed by atoms with Gasteiger partial charge in [-0.3, -0.25) is 9.78 Å². The maximum atomic E-state index is 13.7. The number of halogens is 2. The Morgan fingerprint density at radius 2 is 2.14 bits per heavy atom. The summed E-state index contributed by atoms with van der Waals surface area (Å²) in [5, 5.41) is 4.25. The highest BCUT2D eigenvalue weighted by Gasteiger charge is 2.28.